The lowest BCUT2D eigenvalue weighted by atomic mass is 10.1. The first-order valence-electron chi connectivity index (χ1n) is 15.7. The summed E-state index contributed by atoms with van der Waals surface area (Å²) in [6.45, 7) is 3.75. The van der Waals surface area contributed by atoms with Gasteiger partial charge in [0.25, 0.3) is 5.91 Å². The standard InChI is InChI=1S/C35H33F4N5O5/c1-46-32-19-24-26(20-33(32)47-17-7-16-43-14-5-2-6-15-43)40-13-12-29(24)48-30-11-10-23(18-25(30)36)42-34(45)27-21-44(22-41-27)28-8-3-4-9-31(28)49-35(37,38)39/h3-4,8-13,18-22H,2,5-7,14-17H2,1H3,(H,42,45). The molecule has 0 aliphatic carbocycles. The molecule has 1 aliphatic rings. The minimum Gasteiger partial charge on any atom is -0.493 e. The number of aromatic nitrogens is 3. The number of alkyl halides is 3. The van der Waals surface area contributed by atoms with E-state index in [2.05, 4.69) is 24.9 Å². The number of halogens is 4. The van der Waals surface area contributed by atoms with Gasteiger partial charge >= 0.3 is 6.36 Å². The van der Waals surface area contributed by atoms with Crippen molar-refractivity contribution < 1.29 is 41.3 Å². The van der Waals surface area contributed by atoms with Gasteiger partial charge in [-0.25, -0.2) is 9.37 Å². The first-order chi connectivity index (χ1) is 23.7. The van der Waals surface area contributed by atoms with Gasteiger partial charge in [-0.05, 0) is 68.8 Å². The number of amides is 1. The number of anilines is 1. The molecule has 0 bridgehead atoms. The lowest BCUT2D eigenvalue weighted by Gasteiger charge is -2.26. The highest BCUT2D eigenvalue weighted by Gasteiger charge is 2.32. The predicted octanol–water partition coefficient (Wildman–Crippen LogP) is 7.77. The van der Waals surface area contributed by atoms with Gasteiger partial charge in [-0.2, -0.15) is 0 Å². The van der Waals surface area contributed by atoms with Gasteiger partial charge in [0.2, 0.25) is 0 Å². The second kappa shape index (κ2) is 14.8. The first-order valence-corrected chi connectivity index (χ1v) is 15.7. The zero-order valence-corrected chi connectivity index (χ0v) is 26.5. The predicted molar refractivity (Wildman–Crippen MR) is 173 cm³/mol. The van der Waals surface area contributed by atoms with Crippen LogP contribution in [0.2, 0.25) is 0 Å². The molecule has 0 radical (unpaired) electrons. The highest BCUT2D eigenvalue weighted by molar-refractivity contribution is 6.02. The van der Waals surface area contributed by atoms with Gasteiger partial charge in [0.1, 0.15) is 17.8 Å². The molecule has 14 heteroatoms. The van der Waals surface area contributed by atoms with E-state index in [4.69, 9.17) is 14.2 Å². The number of carbonyl (C=O) groups excluding carboxylic acids is 1. The van der Waals surface area contributed by atoms with E-state index in [9.17, 15) is 18.0 Å². The van der Waals surface area contributed by atoms with E-state index in [0.29, 0.717) is 34.8 Å². The Hall–Kier alpha value is -5.37. The number of para-hydroxylation sites is 2. The van der Waals surface area contributed by atoms with E-state index in [1.807, 2.05) is 0 Å². The summed E-state index contributed by atoms with van der Waals surface area (Å²) in [5.74, 6) is -0.673. The van der Waals surface area contributed by atoms with E-state index in [-0.39, 0.29) is 22.8 Å². The van der Waals surface area contributed by atoms with E-state index in [1.54, 1.807) is 24.4 Å². The Balaban J connectivity index is 1.11. The highest BCUT2D eigenvalue weighted by atomic mass is 19.4. The third kappa shape index (κ3) is 8.38. The zero-order chi connectivity index (χ0) is 34.4. The number of piperidine rings is 1. The fraction of sp³-hybridized carbons (Fsp3) is 0.286. The summed E-state index contributed by atoms with van der Waals surface area (Å²) in [5, 5.41) is 3.11. The van der Waals surface area contributed by atoms with E-state index >= 15 is 4.39 Å². The third-order valence-electron chi connectivity index (χ3n) is 7.91. The fourth-order valence-corrected chi connectivity index (χ4v) is 5.57. The van der Waals surface area contributed by atoms with Crippen LogP contribution in [0.5, 0.6) is 28.7 Å². The van der Waals surface area contributed by atoms with Crippen LogP contribution in [-0.4, -0.2) is 65.1 Å². The average molecular weight is 680 g/mol. The number of nitrogens with one attached hydrogen (secondary N) is 1. The minimum atomic E-state index is -4.90. The summed E-state index contributed by atoms with van der Waals surface area (Å²) >= 11 is 0. The van der Waals surface area contributed by atoms with Gasteiger partial charge in [0, 0.05) is 42.1 Å². The molecule has 5 aromatic rings. The highest BCUT2D eigenvalue weighted by Crippen LogP contribution is 2.38. The van der Waals surface area contributed by atoms with Crippen molar-refractivity contribution in [1.29, 1.82) is 0 Å². The van der Waals surface area contributed by atoms with Crippen LogP contribution >= 0.6 is 0 Å². The summed E-state index contributed by atoms with van der Waals surface area (Å²) in [4.78, 5) is 23.7. The van der Waals surface area contributed by atoms with Crippen molar-refractivity contribution in [3.05, 3.63) is 90.9 Å². The van der Waals surface area contributed by atoms with Gasteiger partial charge in [-0.1, -0.05) is 18.6 Å². The van der Waals surface area contributed by atoms with Crippen LogP contribution in [0.1, 0.15) is 36.2 Å². The maximum absolute atomic E-state index is 15.2. The van der Waals surface area contributed by atoms with Gasteiger partial charge < -0.3 is 33.7 Å². The molecule has 1 fully saturated rings. The van der Waals surface area contributed by atoms with Gasteiger partial charge in [0.15, 0.2) is 28.8 Å². The second-order valence-corrected chi connectivity index (χ2v) is 11.3. The fourth-order valence-electron chi connectivity index (χ4n) is 5.57. The van der Waals surface area contributed by atoms with Gasteiger partial charge in [-0.3, -0.25) is 9.78 Å². The number of hydrogen-bond donors (Lipinski definition) is 1. The molecule has 49 heavy (non-hydrogen) atoms. The molecule has 256 valence electrons. The zero-order valence-electron chi connectivity index (χ0n) is 26.5. The smallest absolute Gasteiger partial charge is 0.493 e. The Bertz CT molecular complexity index is 1930. The van der Waals surface area contributed by atoms with Crippen LogP contribution in [0.4, 0.5) is 23.2 Å². The monoisotopic (exact) mass is 679 g/mol. The molecule has 1 saturated heterocycles. The number of methoxy groups -OCH3 is 1. The minimum absolute atomic E-state index is 0.0205. The summed E-state index contributed by atoms with van der Waals surface area (Å²) in [6.07, 6.45) is 3.69. The maximum atomic E-state index is 15.2. The Morgan fingerprint density at radius 3 is 2.51 bits per heavy atom. The maximum Gasteiger partial charge on any atom is 0.573 e. The Labute approximate surface area is 279 Å². The lowest BCUT2D eigenvalue weighted by Crippen LogP contribution is -2.31. The second-order valence-electron chi connectivity index (χ2n) is 11.3. The van der Waals surface area contributed by atoms with Crippen LogP contribution in [0.15, 0.2) is 79.4 Å². The van der Waals surface area contributed by atoms with Gasteiger partial charge in [0.05, 0.1) is 24.9 Å². The molecular formula is C35H33F4N5O5. The Kier molecular flexibility index (Phi) is 10.1. The quantitative estimate of drug-likeness (QED) is 0.106. The van der Waals surface area contributed by atoms with Crippen molar-refractivity contribution in [2.45, 2.75) is 32.0 Å². The number of imidazole rings is 1. The van der Waals surface area contributed by atoms with Crippen molar-refractivity contribution in [3.8, 4) is 34.4 Å². The number of fused-ring (bicyclic) bond motifs is 1. The molecule has 2 aromatic heterocycles. The number of hydrogen-bond acceptors (Lipinski definition) is 8. The SMILES string of the molecule is COc1cc2c(Oc3ccc(NC(=O)c4cn(-c5ccccc5OC(F)(F)F)cn4)cc3F)ccnc2cc1OCCCN1CCCCC1. The number of likely N-dealkylation sites (tertiary alicyclic amines) is 1. The topological polar surface area (TPSA) is 100.0 Å². The Morgan fingerprint density at radius 2 is 1.73 bits per heavy atom. The van der Waals surface area contributed by atoms with Crippen LogP contribution in [0.25, 0.3) is 16.6 Å². The summed E-state index contributed by atoms with van der Waals surface area (Å²) < 4.78 is 76.6. The Morgan fingerprint density at radius 1 is 0.918 bits per heavy atom. The molecule has 0 spiro atoms. The van der Waals surface area contributed by atoms with Gasteiger partial charge in [-0.15, -0.1) is 13.2 Å². The van der Waals surface area contributed by atoms with E-state index in [1.165, 1.54) is 73.8 Å². The molecular weight excluding hydrogens is 646 g/mol. The number of rotatable bonds is 12. The van der Waals surface area contributed by atoms with Crippen molar-refractivity contribution in [3.63, 3.8) is 0 Å². The van der Waals surface area contributed by atoms with Crippen molar-refractivity contribution in [1.82, 2.24) is 19.4 Å². The van der Waals surface area contributed by atoms with Crippen LogP contribution < -0.4 is 24.3 Å². The molecule has 10 nitrogen and oxygen atoms in total. The number of carbonyl (C=O) groups is 1. The molecule has 3 aromatic carbocycles. The molecule has 1 aliphatic heterocycles. The van der Waals surface area contributed by atoms with E-state index < -0.39 is 23.8 Å². The summed E-state index contributed by atoms with van der Waals surface area (Å²) in [6, 6.07) is 14.4. The van der Waals surface area contributed by atoms with Crippen LogP contribution in [-0.2, 0) is 0 Å². The normalized spacial score (nSPS) is 13.7. The molecule has 1 amide bonds. The molecule has 3 heterocycles. The molecule has 0 atom stereocenters. The van der Waals surface area contributed by atoms with Crippen molar-refractivity contribution in [2.24, 2.45) is 0 Å². The lowest BCUT2D eigenvalue weighted by molar-refractivity contribution is -0.274. The third-order valence-corrected chi connectivity index (χ3v) is 7.91. The largest absolute Gasteiger partial charge is 0.573 e. The molecule has 1 N–H and O–H groups in total. The summed E-state index contributed by atoms with van der Waals surface area (Å²) in [7, 11) is 1.54. The molecule has 6 rings (SSSR count). The average Bonchev–Trinajstić information content (AvgIpc) is 3.58. The number of ether oxygens (including phenoxy) is 4. The van der Waals surface area contributed by atoms with Crippen LogP contribution in [0.3, 0.4) is 0 Å². The van der Waals surface area contributed by atoms with E-state index in [0.717, 1.165) is 38.2 Å². The van der Waals surface area contributed by atoms with Crippen molar-refractivity contribution >= 4 is 22.5 Å². The number of pyridine rings is 1. The number of nitrogens with zero attached hydrogens (tertiary/aromatic N) is 4. The molecule has 0 unspecified atom stereocenters. The number of benzene rings is 3. The first kappa shape index (κ1) is 33.5. The summed E-state index contributed by atoms with van der Waals surface area (Å²) in [5.41, 5.74) is 0.575. The van der Waals surface area contributed by atoms with Crippen LogP contribution in [0, 0.1) is 5.82 Å². The molecule has 0 saturated carbocycles. The van der Waals surface area contributed by atoms with Crippen molar-refractivity contribution in [2.75, 3.05) is 38.7 Å².